The minimum atomic E-state index is -0.421. The van der Waals surface area contributed by atoms with E-state index in [1.807, 2.05) is 20.2 Å². The van der Waals surface area contributed by atoms with E-state index in [1.54, 1.807) is 36.4 Å². The summed E-state index contributed by atoms with van der Waals surface area (Å²) in [7, 11) is 4.01. The average Bonchev–Trinajstić information content (AvgIpc) is 2.48. The van der Waals surface area contributed by atoms with Gasteiger partial charge < -0.3 is 9.64 Å². The maximum absolute atomic E-state index is 11.3. The third kappa shape index (κ3) is 5.23. The molecule has 2 aromatic carbocycles. The van der Waals surface area contributed by atoms with Crippen molar-refractivity contribution >= 4 is 17.3 Å². The highest BCUT2D eigenvalue weighted by Gasteiger charge is 2.17. The number of halogens is 1. The summed E-state index contributed by atoms with van der Waals surface area (Å²) < 4.78 is 5.61. The van der Waals surface area contributed by atoms with Gasteiger partial charge in [-0.1, -0.05) is 23.7 Å². The van der Waals surface area contributed by atoms with Crippen LogP contribution in [0.4, 0.5) is 5.69 Å². The van der Waals surface area contributed by atoms with Gasteiger partial charge in [0.2, 0.25) is 5.75 Å². The van der Waals surface area contributed by atoms with Crippen molar-refractivity contribution in [3.63, 3.8) is 0 Å². The van der Waals surface area contributed by atoms with Crippen LogP contribution in [0.1, 0.15) is 12.0 Å². The molecule has 0 spiro atoms. The van der Waals surface area contributed by atoms with Crippen LogP contribution in [-0.4, -0.2) is 30.5 Å². The smallest absolute Gasteiger partial charge is 0.311 e. The van der Waals surface area contributed by atoms with Crippen LogP contribution in [-0.2, 0) is 6.42 Å². The van der Waals surface area contributed by atoms with Crippen LogP contribution in [0.15, 0.2) is 42.5 Å². The van der Waals surface area contributed by atoms with E-state index in [0.29, 0.717) is 10.8 Å². The van der Waals surface area contributed by atoms with Crippen molar-refractivity contribution in [2.75, 3.05) is 20.6 Å². The van der Waals surface area contributed by atoms with Crippen molar-refractivity contribution in [2.45, 2.75) is 12.8 Å². The molecule has 0 saturated carbocycles. The zero-order chi connectivity index (χ0) is 16.8. The van der Waals surface area contributed by atoms with Crippen molar-refractivity contribution in [1.29, 1.82) is 0 Å². The lowest BCUT2D eigenvalue weighted by Gasteiger charge is -2.10. The lowest BCUT2D eigenvalue weighted by atomic mass is 10.1. The van der Waals surface area contributed by atoms with Gasteiger partial charge in [0.15, 0.2) is 0 Å². The zero-order valence-electron chi connectivity index (χ0n) is 13.2. The number of benzene rings is 2. The van der Waals surface area contributed by atoms with Crippen molar-refractivity contribution in [2.24, 2.45) is 0 Å². The molecule has 2 aromatic rings. The van der Waals surface area contributed by atoms with Crippen molar-refractivity contribution in [1.82, 2.24) is 4.90 Å². The van der Waals surface area contributed by atoms with Crippen LogP contribution in [0.25, 0.3) is 0 Å². The molecule has 5 nitrogen and oxygen atoms in total. The number of aryl methyl sites for hydroxylation is 1. The number of nitrogens with zero attached hydrogens (tertiary/aromatic N) is 2. The first-order valence-electron chi connectivity index (χ1n) is 7.31. The Morgan fingerprint density at radius 3 is 2.65 bits per heavy atom. The fourth-order valence-electron chi connectivity index (χ4n) is 2.20. The predicted molar refractivity (Wildman–Crippen MR) is 91.5 cm³/mol. The molecule has 0 aliphatic carbocycles. The van der Waals surface area contributed by atoms with Gasteiger partial charge in [-0.25, -0.2) is 0 Å². The molecule has 2 rings (SSSR count). The first-order valence-corrected chi connectivity index (χ1v) is 7.69. The summed E-state index contributed by atoms with van der Waals surface area (Å²) in [4.78, 5) is 13.0. The Morgan fingerprint density at radius 1 is 1.22 bits per heavy atom. The number of nitro benzene ring substituents is 1. The van der Waals surface area contributed by atoms with Crippen LogP contribution in [0.3, 0.4) is 0 Å². The van der Waals surface area contributed by atoms with Crippen LogP contribution >= 0.6 is 11.6 Å². The summed E-state index contributed by atoms with van der Waals surface area (Å²) in [6.45, 7) is 0.939. The van der Waals surface area contributed by atoms with Gasteiger partial charge in [0.05, 0.1) is 4.92 Å². The summed E-state index contributed by atoms with van der Waals surface area (Å²) in [5.41, 5.74) is 0.893. The Balaban J connectivity index is 2.18. The van der Waals surface area contributed by atoms with Crippen LogP contribution < -0.4 is 4.74 Å². The SMILES string of the molecule is CN(C)CCCc1ccc(Oc2cccc(Cl)c2)c([N+](=O)[O-])c1. The Bertz CT molecular complexity index is 689. The summed E-state index contributed by atoms with van der Waals surface area (Å²) in [5, 5.41) is 11.8. The van der Waals surface area contributed by atoms with E-state index in [4.69, 9.17) is 16.3 Å². The summed E-state index contributed by atoms with van der Waals surface area (Å²) in [5.74, 6) is 0.689. The number of nitro groups is 1. The second-order valence-electron chi connectivity index (χ2n) is 5.53. The molecule has 0 saturated heterocycles. The molecule has 0 radical (unpaired) electrons. The standard InChI is InChI=1S/C17H19ClN2O3/c1-19(2)10-4-5-13-8-9-17(16(11-13)20(21)22)23-15-7-3-6-14(18)12-15/h3,6-9,11-12H,4-5,10H2,1-2H3. The zero-order valence-corrected chi connectivity index (χ0v) is 13.9. The minimum Gasteiger partial charge on any atom is -0.450 e. The Morgan fingerprint density at radius 2 is 2.00 bits per heavy atom. The molecule has 0 fully saturated rings. The van der Waals surface area contributed by atoms with E-state index in [9.17, 15) is 10.1 Å². The van der Waals surface area contributed by atoms with Crippen molar-refractivity contribution < 1.29 is 9.66 Å². The summed E-state index contributed by atoms with van der Waals surface area (Å²) in [6.07, 6.45) is 1.73. The van der Waals surface area contributed by atoms with E-state index in [1.165, 1.54) is 0 Å². The van der Waals surface area contributed by atoms with Gasteiger partial charge >= 0.3 is 5.69 Å². The lowest BCUT2D eigenvalue weighted by molar-refractivity contribution is -0.385. The number of ether oxygens (including phenoxy) is 1. The van der Waals surface area contributed by atoms with Crippen LogP contribution in [0.2, 0.25) is 5.02 Å². The summed E-state index contributed by atoms with van der Waals surface area (Å²) >= 11 is 5.90. The largest absolute Gasteiger partial charge is 0.450 e. The number of hydrogen-bond acceptors (Lipinski definition) is 4. The molecular weight excluding hydrogens is 316 g/mol. The molecule has 0 heterocycles. The molecule has 0 aliphatic rings. The molecule has 0 aliphatic heterocycles. The highest BCUT2D eigenvalue weighted by atomic mass is 35.5. The molecule has 23 heavy (non-hydrogen) atoms. The fourth-order valence-corrected chi connectivity index (χ4v) is 2.38. The van der Waals surface area contributed by atoms with Gasteiger partial charge in [0.1, 0.15) is 5.75 Å². The molecule has 0 amide bonds. The normalized spacial score (nSPS) is 10.8. The average molecular weight is 335 g/mol. The highest BCUT2D eigenvalue weighted by Crippen LogP contribution is 2.33. The molecule has 0 atom stereocenters. The number of rotatable bonds is 7. The number of hydrogen-bond donors (Lipinski definition) is 0. The highest BCUT2D eigenvalue weighted by molar-refractivity contribution is 6.30. The van der Waals surface area contributed by atoms with Crippen LogP contribution in [0, 0.1) is 10.1 Å². The van der Waals surface area contributed by atoms with Crippen LogP contribution in [0.5, 0.6) is 11.5 Å². The predicted octanol–water partition coefficient (Wildman–Crippen LogP) is 4.53. The molecule has 0 aromatic heterocycles. The van der Waals surface area contributed by atoms with Crippen molar-refractivity contribution in [3.05, 3.63) is 63.2 Å². The van der Waals surface area contributed by atoms with E-state index in [0.717, 1.165) is 24.9 Å². The molecular formula is C17H19ClN2O3. The molecule has 0 N–H and O–H groups in total. The van der Waals surface area contributed by atoms with Gasteiger partial charge in [0, 0.05) is 11.1 Å². The van der Waals surface area contributed by atoms with Gasteiger partial charge in [-0.2, -0.15) is 0 Å². The second-order valence-corrected chi connectivity index (χ2v) is 5.96. The van der Waals surface area contributed by atoms with E-state index in [-0.39, 0.29) is 11.4 Å². The van der Waals surface area contributed by atoms with Gasteiger partial charge in [-0.05, 0) is 63.3 Å². The third-order valence-electron chi connectivity index (χ3n) is 3.31. The van der Waals surface area contributed by atoms with E-state index < -0.39 is 4.92 Å². The summed E-state index contributed by atoms with van der Waals surface area (Å²) in [6, 6.07) is 11.9. The molecule has 0 unspecified atom stereocenters. The van der Waals surface area contributed by atoms with E-state index >= 15 is 0 Å². The van der Waals surface area contributed by atoms with Gasteiger partial charge in [0.25, 0.3) is 0 Å². The fraction of sp³-hybridized carbons (Fsp3) is 0.294. The van der Waals surface area contributed by atoms with Gasteiger partial charge in [-0.3, -0.25) is 10.1 Å². The monoisotopic (exact) mass is 334 g/mol. The Hall–Kier alpha value is -2.11. The maximum Gasteiger partial charge on any atom is 0.311 e. The molecule has 122 valence electrons. The Labute approximate surface area is 140 Å². The minimum absolute atomic E-state index is 0.0349. The topological polar surface area (TPSA) is 55.6 Å². The van der Waals surface area contributed by atoms with Crippen molar-refractivity contribution in [3.8, 4) is 11.5 Å². The van der Waals surface area contributed by atoms with E-state index in [2.05, 4.69) is 4.90 Å². The maximum atomic E-state index is 11.3. The molecule has 6 heteroatoms. The quantitative estimate of drug-likeness (QED) is 0.551. The first-order chi connectivity index (χ1) is 11.0. The molecule has 0 bridgehead atoms. The van der Waals surface area contributed by atoms with Gasteiger partial charge in [-0.15, -0.1) is 0 Å². The first kappa shape index (κ1) is 17.2. The third-order valence-corrected chi connectivity index (χ3v) is 3.55. The lowest BCUT2D eigenvalue weighted by Crippen LogP contribution is -2.13. The second kappa shape index (κ2) is 7.94. The Kier molecular flexibility index (Phi) is 5.96.